The monoisotopic (exact) mass is 1480 g/mol. The zero-order chi connectivity index (χ0) is 78.3. The first-order valence-corrected chi connectivity index (χ1v) is 34.7. The second kappa shape index (κ2) is 31.3. The summed E-state index contributed by atoms with van der Waals surface area (Å²) in [4.78, 5) is 58.1. The summed E-state index contributed by atoms with van der Waals surface area (Å²) in [5, 5.41) is 48.2. The van der Waals surface area contributed by atoms with Gasteiger partial charge in [0.2, 0.25) is 5.91 Å². The number of nitro groups is 2. The number of aromatic nitrogens is 5. The average Bonchev–Trinajstić information content (AvgIpc) is 0.767. The van der Waals surface area contributed by atoms with Crippen molar-refractivity contribution in [3.63, 3.8) is 0 Å². The van der Waals surface area contributed by atoms with Crippen LogP contribution in [0.2, 0.25) is 0 Å². The van der Waals surface area contributed by atoms with Gasteiger partial charge in [0, 0.05) is 158 Å². The molecular weight excluding hydrogens is 1410 g/mol. The Bertz CT molecular complexity index is 6390. The van der Waals surface area contributed by atoms with Gasteiger partial charge in [-0.2, -0.15) is 0 Å². The number of non-ortho nitro benzene ring substituents is 2. The van der Waals surface area contributed by atoms with Crippen LogP contribution in [0.1, 0.15) is 6.92 Å². The number of rotatable bonds is 10. The van der Waals surface area contributed by atoms with Crippen molar-refractivity contribution < 1.29 is 14.6 Å². The van der Waals surface area contributed by atoms with E-state index in [-0.39, 0.29) is 17.3 Å². The molecule has 27 nitrogen and oxygen atoms in total. The van der Waals surface area contributed by atoms with Crippen molar-refractivity contribution in [3.05, 3.63) is 304 Å². The number of nitrogens with one attached hydrogen (secondary N) is 4. The Hall–Kier alpha value is -16.4. The van der Waals surface area contributed by atoms with Gasteiger partial charge in [-0.25, -0.2) is 24.9 Å². The third-order valence-corrected chi connectivity index (χ3v) is 18.0. The van der Waals surface area contributed by atoms with Gasteiger partial charge in [0.05, 0.1) is 87.8 Å². The molecule has 0 atom stereocenters. The molecule has 27 heteroatoms. The normalized spacial score (nSPS) is 10.8. The van der Waals surface area contributed by atoms with Gasteiger partial charge in [-0.3, -0.25) is 25.0 Å². The molecule has 5 aromatic heterocycles. The van der Waals surface area contributed by atoms with Crippen molar-refractivity contribution in [1.29, 1.82) is 0 Å². The van der Waals surface area contributed by atoms with Crippen LogP contribution in [0.15, 0.2) is 278 Å². The van der Waals surface area contributed by atoms with E-state index in [9.17, 15) is 25.0 Å². The fourth-order valence-corrected chi connectivity index (χ4v) is 12.7. The smallest absolute Gasteiger partial charge is 0.271 e. The van der Waals surface area contributed by atoms with Crippen LogP contribution in [0.5, 0.6) is 0 Å². The molecule has 13 aromatic carbocycles. The Balaban J connectivity index is 0.000000117. The number of nitrogen functional groups attached to an aromatic ring is 8. The van der Waals surface area contributed by atoms with E-state index in [0.29, 0.717) is 67.3 Å². The molecule has 0 spiro atoms. The molecule has 1 amide bonds. The standard InChI is InChI=1S/C19H13N5O4.2C19H17N5.C15H13N3O.C13H8N4/c20-11-1-3-12(4-2-11)21-19-15-7-5-13(23(25)26)9-17(15)22-18-10-14(24(27)28)6-8-16(18)19;2*20-11-1-5-14(6-2-11)23-19-15-7-3-12(21)9-17(15)24-18-10-13(22)4-8-16(18)19;1-9(19)17-13-5-3-11-6-10-2-4-12(16)7-14(10)18-15(11)8-13;14-17-16-13-9-5-1-3-7-11(9)15-12-8-4-2-6-10(12)13/h1-10H,20H2,(H,21,22);2*1-10H,20-22H2,(H,23,24);2-8H,16H2,1H3,(H,17,19);1-8H. The van der Waals surface area contributed by atoms with Gasteiger partial charge < -0.3 is 67.1 Å². The maximum atomic E-state index is 11.1. The number of carbonyl (C=O) groups is 1. The number of pyridine rings is 5. The van der Waals surface area contributed by atoms with Crippen LogP contribution in [0, 0.1) is 20.2 Å². The van der Waals surface area contributed by atoms with Gasteiger partial charge in [-0.05, 0) is 206 Å². The number of benzene rings is 13. The van der Waals surface area contributed by atoms with Crippen LogP contribution in [0.4, 0.5) is 102 Å². The Morgan fingerprint density at radius 2 is 0.616 bits per heavy atom. The molecule has 0 fully saturated rings. The first-order valence-electron chi connectivity index (χ1n) is 34.7. The van der Waals surface area contributed by atoms with Crippen LogP contribution in [0.3, 0.4) is 0 Å². The highest BCUT2D eigenvalue weighted by atomic mass is 16.6. The van der Waals surface area contributed by atoms with E-state index in [4.69, 9.17) is 61.4 Å². The number of azide groups is 1. The lowest BCUT2D eigenvalue weighted by atomic mass is 10.1. The van der Waals surface area contributed by atoms with Gasteiger partial charge in [-0.15, -0.1) is 0 Å². The summed E-state index contributed by atoms with van der Waals surface area (Å²) in [5.74, 6) is -0.0932. The summed E-state index contributed by atoms with van der Waals surface area (Å²) in [7, 11) is 0. The fourth-order valence-electron chi connectivity index (χ4n) is 12.7. The highest BCUT2D eigenvalue weighted by Gasteiger charge is 2.19. The molecular formula is C85H68N22O5. The number of hydrogen-bond acceptors (Lipinski definition) is 22. The number of nitrogens with zero attached hydrogens (tertiary/aromatic N) is 10. The van der Waals surface area contributed by atoms with Crippen molar-refractivity contribution in [2.45, 2.75) is 6.92 Å². The quantitative estimate of drug-likeness (QED) is 0.0115. The minimum Gasteiger partial charge on any atom is -0.399 e. The first-order chi connectivity index (χ1) is 54.1. The van der Waals surface area contributed by atoms with Crippen LogP contribution in [-0.4, -0.2) is 40.7 Å². The first kappa shape index (κ1) is 72.5. The topological polar surface area (TPSA) is 473 Å². The highest BCUT2D eigenvalue weighted by molar-refractivity contribution is 6.13. The molecule has 0 aliphatic carbocycles. The molecule has 0 unspecified atom stereocenters. The fraction of sp³-hybridized carbons (Fsp3) is 0.0118. The molecule has 20 N–H and O–H groups in total. The minimum absolute atomic E-state index is 0.0932. The van der Waals surface area contributed by atoms with E-state index in [1.54, 1.807) is 36.4 Å². The van der Waals surface area contributed by atoms with Crippen LogP contribution < -0.4 is 67.1 Å². The van der Waals surface area contributed by atoms with Gasteiger partial charge in [0.25, 0.3) is 11.4 Å². The van der Waals surface area contributed by atoms with E-state index >= 15 is 0 Å². The summed E-state index contributed by atoms with van der Waals surface area (Å²) < 4.78 is 0. The second-order valence-electron chi connectivity index (χ2n) is 25.9. The third kappa shape index (κ3) is 16.2. The maximum Gasteiger partial charge on any atom is 0.271 e. The molecule has 112 heavy (non-hydrogen) atoms. The lowest BCUT2D eigenvalue weighted by Gasteiger charge is -2.14. The molecule has 0 aliphatic heterocycles. The third-order valence-electron chi connectivity index (χ3n) is 18.0. The highest BCUT2D eigenvalue weighted by Crippen LogP contribution is 2.40. The van der Waals surface area contributed by atoms with Gasteiger partial charge in [0.1, 0.15) is 0 Å². The van der Waals surface area contributed by atoms with Crippen molar-refractivity contribution in [3.8, 4) is 0 Å². The number of fused-ring (bicyclic) bond motifs is 10. The summed E-state index contributed by atoms with van der Waals surface area (Å²) in [6.45, 7) is 1.48. The van der Waals surface area contributed by atoms with E-state index in [2.05, 4.69) is 52.3 Å². The zero-order valence-corrected chi connectivity index (χ0v) is 59.6. The molecule has 0 saturated heterocycles. The van der Waals surface area contributed by atoms with E-state index in [1.807, 2.05) is 206 Å². The van der Waals surface area contributed by atoms with Gasteiger partial charge >= 0.3 is 0 Å². The number of amides is 1. The Labute approximate surface area is 636 Å². The van der Waals surface area contributed by atoms with Crippen LogP contribution in [0.25, 0.3) is 119 Å². The SMILES string of the molecule is CC(=O)Nc1ccc2cc3ccc(N)cc3nc2c1.Nc1ccc(Nc2c3ccc(N)cc3nc3cc(N)ccc23)cc1.Nc1ccc(Nc2c3ccc(N)cc3nc3cc(N)ccc23)cc1.Nc1ccc(Nc2c3ccc([N+](=O)[O-])cc3nc3cc([N+](=O)[O-])ccc23)cc1.[N-]=[N+]=Nc1c2ccccc2nc2ccccc12. The molecule has 5 heterocycles. The molecule has 548 valence electrons. The van der Waals surface area contributed by atoms with Gasteiger partial charge in [-0.1, -0.05) is 53.6 Å². The lowest BCUT2D eigenvalue weighted by Crippen LogP contribution is -2.05. The Morgan fingerprint density at radius 1 is 0.330 bits per heavy atom. The van der Waals surface area contributed by atoms with E-state index < -0.39 is 9.85 Å². The number of hydrogen-bond donors (Lipinski definition) is 12. The summed E-state index contributed by atoms with van der Waals surface area (Å²) in [6.07, 6.45) is 0. The lowest BCUT2D eigenvalue weighted by molar-refractivity contribution is -0.384. The number of nitrogens with two attached hydrogens (primary N) is 8. The average molecular weight is 1480 g/mol. The number of anilines is 15. The number of nitro benzene ring substituents is 2. The molecule has 18 rings (SSSR count). The van der Waals surface area contributed by atoms with Gasteiger partial charge in [0.15, 0.2) is 0 Å². The van der Waals surface area contributed by atoms with Crippen molar-refractivity contribution >= 4 is 217 Å². The largest absolute Gasteiger partial charge is 0.399 e. The molecule has 0 saturated carbocycles. The van der Waals surface area contributed by atoms with Crippen molar-refractivity contribution in [2.75, 3.05) is 67.1 Å². The minimum atomic E-state index is -0.508. The predicted molar refractivity (Wildman–Crippen MR) is 457 cm³/mol. The number of para-hydroxylation sites is 2. The van der Waals surface area contributed by atoms with Crippen LogP contribution in [-0.2, 0) is 4.79 Å². The Morgan fingerprint density at radius 3 is 0.973 bits per heavy atom. The second-order valence-corrected chi connectivity index (χ2v) is 25.9. The van der Waals surface area contributed by atoms with E-state index in [1.165, 1.54) is 31.2 Å². The van der Waals surface area contributed by atoms with E-state index in [0.717, 1.165) is 133 Å². The predicted octanol–water partition coefficient (Wildman–Crippen LogP) is 19.5. The summed E-state index contributed by atoms with van der Waals surface area (Å²) in [6, 6.07) is 82.7. The molecule has 0 bridgehead atoms. The summed E-state index contributed by atoms with van der Waals surface area (Å²) in [5.41, 5.74) is 74.7. The molecule has 0 radical (unpaired) electrons. The zero-order valence-electron chi connectivity index (χ0n) is 59.6. The summed E-state index contributed by atoms with van der Waals surface area (Å²) >= 11 is 0. The van der Waals surface area contributed by atoms with Crippen molar-refractivity contribution in [2.24, 2.45) is 5.11 Å². The van der Waals surface area contributed by atoms with Crippen LogP contribution >= 0.6 is 0 Å². The maximum absolute atomic E-state index is 11.1. The van der Waals surface area contributed by atoms with Crippen molar-refractivity contribution in [1.82, 2.24) is 24.9 Å². The number of carbonyl (C=O) groups excluding carboxylic acids is 1. The molecule has 0 aliphatic rings. The Kier molecular flexibility index (Phi) is 20.3. The molecule has 18 aromatic rings.